The van der Waals surface area contributed by atoms with Crippen LogP contribution in [0.5, 0.6) is 0 Å². The number of para-hydroxylation sites is 1. The highest BCUT2D eigenvalue weighted by atomic mass is 16.7. The Kier molecular flexibility index (Phi) is 3.89. The molecule has 0 aliphatic rings. The van der Waals surface area contributed by atoms with Crippen molar-refractivity contribution in [1.82, 2.24) is 10.0 Å². The van der Waals surface area contributed by atoms with Gasteiger partial charge in [-0.1, -0.05) is 18.2 Å². The summed E-state index contributed by atoms with van der Waals surface area (Å²) in [5, 5.41) is 2.34. The number of hydroxylamine groups is 2. The molecule has 18 heavy (non-hydrogen) atoms. The van der Waals surface area contributed by atoms with Gasteiger partial charge in [0.25, 0.3) is 0 Å². The molecule has 0 aliphatic heterocycles. The molecule has 1 aromatic carbocycles. The lowest BCUT2D eigenvalue weighted by molar-refractivity contribution is -0.168. The minimum absolute atomic E-state index is 0.0364. The van der Waals surface area contributed by atoms with Crippen molar-refractivity contribution in [2.75, 3.05) is 14.2 Å². The molecule has 4 heteroatoms. The number of carbonyl (C=O) groups excluding carboxylic acids is 1. The Morgan fingerprint density at radius 3 is 2.94 bits per heavy atom. The second-order valence-corrected chi connectivity index (χ2v) is 4.11. The molecule has 0 atom stereocenters. The van der Waals surface area contributed by atoms with Gasteiger partial charge in [0.15, 0.2) is 0 Å². The van der Waals surface area contributed by atoms with Crippen molar-refractivity contribution in [2.24, 2.45) is 0 Å². The van der Waals surface area contributed by atoms with Crippen LogP contribution in [-0.4, -0.2) is 30.1 Å². The number of aryl methyl sites for hydroxylation is 1. The molecule has 1 aromatic heterocycles. The Bertz CT molecular complexity index is 554. The summed E-state index contributed by atoms with van der Waals surface area (Å²) in [6.07, 6.45) is 2.91. The smallest absolute Gasteiger partial charge is 0.246 e. The fraction of sp³-hybridized carbons (Fsp3) is 0.286. The predicted octanol–water partition coefficient (Wildman–Crippen LogP) is 2.19. The topological polar surface area (TPSA) is 42.4 Å². The van der Waals surface area contributed by atoms with Crippen molar-refractivity contribution in [2.45, 2.75) is 12.8 Å². The van der Waals surface area contributed by atoms with Crippen LogP contribution in [0.25, 0.3) is 10.9 Å². The summed E-state index contributed by atoms with van der Waals surface area (Å²) < 4.78 is 0. The van der Waals surface area contributed by atoms with E-state index in [2.05, 4.69) is 11.1 Å². The van der Waals surface area contributed by atoms with Crippen molar-refractivity contribution < 1.29 is 9.63 Å². The quantitative estimate of drug-likeness (QED) is 0.774. The van der Waals surface area contributed by atoms with Gasteiger partial charge in [0.05, 0.1) is 12.6 Å². The number of hydrogen-bond donors (Lipinski definition) is 0. The van der Waals surface area contributed by atoms with Gasteiger partial charge in [0.1, 0.15) is 0 Å². The first-order valence-corrected chi connectivity index (χ1v) is 5.85. The summed E-state index contributed by atoms with van der Waals surface area (Å²) in [4.78, 5) is 20.8. The minimum atomic E-state index is -0.0364. The number of amides is 1. The zero-order valence-electron chi connectivity index (χ0n) is 10.6. The number of fused-ring (bicyclic) bond motifs is 1. The van der Waals surface area contributed by atoms with Gasteiger partial charge < -0.3 is 0 Å². The lowest BCUT2D eigenvalue weighted by Gasteiger charge is -2.13. The second-order valence-electron chi connectivity index (χ2n) is 4.11. The summed E-state index contributed by atoms with van der Waals surface area (Å²) >= 11 is 0. The Morgan fingerprint density at radius 1 is 1.39 bits per heavy atom. The average Bonchev–Trinajstić information content (AvgIpc) is 2.43. The van der Waals surface area contributed by atoms with Gasteiger partial charge in [0, 0.05) is 25.1 Å². The minimum Gasteiger partial charge on any atom is -0.275 e. The first-order valence-electron chi connectivity index (χ1n) is 5.85. The second kappa shape index (κ2) is 5.60. The maximum atomic E-state index is 11.6. The van der Waals surface area contributed by atoms with Crippen LogP contribution in [0.2, 0.25) is 0 Å². The number of rotatable bonds is 4. The van der Waals surface area contributed by atoms with E-state index in [4.69, 9.17) is 4.84 Å². The summed E-state index contributed by atoms with van der Waals surface area (Å²) in [5.74, 6) is -0.0364. The van der Waals surface area contributed by atoms with Gasteiger partial charge in [-0.2, -0.15) is 0 Å². The zero-order chi connectivity index (χ0) is 13.0. The Labute approximate surface area is 106 Å². The number of pyridine rings is 1. The third-order valence-electron chi connectivity index (χ3n) is 2.90. The molecule has 2 aromatic rings. The third kappa shape index (κ3) is 2.84. The van der Waals surface area contributed by atoms with E-state index >= 15 is 0 Å². The molecular weight excluding hydrogens is 228 g/mol. The standard InChI is InChI=1S/C14H16N2O2/c1-16(18-2)14(17)8-7-11-9-12-5-3-4-6-13(12)15-10-11/h3-6,9-10H,7-8H2,1-2H3. The number of aromatic nitrogens is 1. The van der Waals surface area contributed by atoms with Crippen LogP contribution in [0.1, 0.15) is 12.0 Å². The van der Waals surface area contributed by atoms with Crippen LogP contribution >= 0.6 is 0 Å². The highest BCUT2D eigenvalue weighted by molar-refractivity contribution is 5.79. The van der Waals surface area contributed by atoms with E-state index < -0.39 is 0 Å². The molecule has 1 amide bonds. The van der Waals surface area contributed by atoms with Crippen LogP contribution in [0.15, 0.2) is 36.5 Å². The molecule has 0 bridgehead atoms. The first kappa shape index (κ1) is 12.5. The van der Waals surface area contributed by atoms with Gasteiger partial charge in [-0.25, -0.2) is 5.06 Å². The molecule has 0 unspecified atom stereocenters. The van der Waals surface area contributed by atoms with E-state index in [9.17, 15) is 4.79 Å². The van der Waals surface area contributed by atoms with E-state index in [0.29, 0.717) is 12.8 Å². The monoisotopic (exact) mass is 244 g/mol. The average molecular weight is 244 g/mol. The lowest BCUT2D eigenvalue weighted by atomic mass is 10.1. The molecule has 0 aliphatic carbocycles. The fourth-order valence-corrected chi connectivity index (χ4v) is 1.76. The molecule has 0 saturated carbocycles. The van der Waals surface area contributed by atoms with Crippen LogP contribution < -0.4 is 0 Å². The number of nitrogens with zero attached hydrogens (tertiary/aromatic N) is 2. The summed E-state index contributed by atoms with van der Waals surface area (Å²) in [5.41, 5.74) is 2.04. The maximum absolute atomic E-state index is 11.6. The normalized spacial score (nSPS) is 10.6. The van der Waals surface area contributed by atoms with Gasteiger partial charge in [-0.05, 0) is 24.1 Å². The number of hydrogen-bond acceptors (Lipinski definition) is 3. The lowest BCUT2D eigenvalue weighted by Crippen LogP contribution is -2.25. The van der Waals surface area contributed by atoms with E-state index in [1.807, 2.05) is 30.5 Å². The Morgan fingerprint density at radius 2 is 2.17 bits per heavy atom. The van der Waals surface area contributed by atoms with E-state index in [0.717, 1.165) is 16.5 Å². The van der Waals surface area contributed by atoms with Gasteiger partial charge in [-0.3, -0.25) is 14.6 Å². The van der Waals surface area contributed by atoms with Crippen molar-refractivity contribution in [3.05, 3.63) is 42.1 Å². The molecule has 0 saturated heterocycles. The highest BCUT2D eigenvalue weighted by Crippen LogP contribution is 2.14. The van der Waals surface area contributed by atoms with Crippen molar-refractivity contribution >= 4 is 16.8 Å². The Balaban J connectivity index is 2.06. The van der Waals surface area contributed by atoms with Crippen LogP contribution in [0.4, 0.5) is 0 Å². The van der Waals surface area contributed by atoms with Gasteiger partial charge in [-0.15, -0.1) is 0 Å². The molecule has 94 valence electrons. The van der Waals surface area contributed by atoms with Crippen molar-refractivity contribution in [3.8, 4) is 0 Å². The first-order chi connectivity index (χ1) is 8.70. The fourth-order valence-electron chi connectivity index (χ4n) is 1.76. The molecule has 2 rings (SSSR count). The zero-order valence-corrected chi connectivity index (χ0v) is 10.6. The summed E-state index contributed by atoms with van der Waals surface area (Å²) in [7, 11) is 3.09. The van der Waals surface area contributed by atoms with E-state index in [1.165, 1.54) is 12.2 Å². The Hall–Kier alpha value is -1.94. The largest absolute Gasteiger partial charge is 0.275 e. The number of carbonyl (C=O) groups is 1. The van der Waals surface area contributed by atoms with Gasteiger partial charge in [0.2, 0.25) is 5.91 Å². The van der Waals surface area contributed by atoms with E-state index in [1.54, 1.807) is 7.05 Å². The van der Waals surface area contributed by atoms with Crippen molar-refractivity contribution in [1.29, 1.82) is 0 Å². The van der Waals surface area contributed by atoms with Crippen LogP contribution in [-0.2, 0) is 16.1 Å². The van der Waals surface area contributed by atoms with Crippen molar-refractivity contribution in [3.63, 3.8) is 0 Å². The molecule has 0 radical (unpaired) electrons. The third-order valence-corrected chi connectivity index (χ3v) is 2.90. The van der Waals surface area contributed by atoms with Crippen LogP contribution in [0, 0.1) is 0 Å². The molecule has 0 fully saturated rings. The SMILES string of the molecule is CON(C)C(=O)CCc1cnc2ccccc2c1. The summed E-state index contributed by atoms with van der Waals surface area (Å²) in [6.45, 7) is 0. The predicted molar refractivity (Wildman–Crippen MR) is 69.8 cm³/mol. The maximum Gasteiger partial charge on any atom is 0.246 e. The molecule has 1 heterocycles. The van der Waals surface area contributed by atoms with Crippen LogP contribution in [0.3, 0.4) is 0 Å². The molecular formula is C14H16N2O2. The molecule has 0 spiro atoms. The van der Waals surface area contributed by atoms with E-state index in [-0.39, 0.29) is 5.91 Å². The summed E-state index contributed by atoms with van der Waals surface area (Å²) in [6, 6.07) is 10.0. The molecule has 4 nitrogen and oxygen atoms in total. The highest BCUT2D eigenvalue weighted by Gasteiger charge is 2.08. The number of benzene rings is 1. The van der Waals surface area contributed by atoms with Gasteiger partial charge >= 0.3 is 0 Å². The molecule has 0 N–H and O–H groups in total.